The van der Waals surface area contributed by atoms with Gasteiger partial charge >= 0.3 is 0 Å². The van der Waals surface area contributed by atoms with E-state index in [1.54, 1.807) is 4.88 Å². The van der Waals surface area contributed by atoms with Crippen LogP contribution in [-0.4, -0.2) is 17.3 Å². The lowest BCUT2D eigenvalue weighted by atomic mass is 9.99. The zero-order chi connectivity index (χ0) is 15.0. The first kappa shape index (κ1) is 14.3. The second kappa shape index (κ2) is 5.62. The molecule has 4 heteroatoms. The van der Waals surface area contributed by atoms with E-state index in [4.69, 9.17) is 11.1 Å². The molecule has 3 rings (SSSR count). The van der Waals surface area contributed by atoms with Crippen LogP contribution >= 0.6 is 11.3 Å². The Morgan fingerprint density at radius 1 is 1.43 bits per heavy atom. The first-order chi connectivity index (χ1) is 10.1. The summed E-state index contributed by atoms with van der Waals surface area (Å²) < 4.78 is 0. The zero-order valence-electron chi connectivity index (χ0n) is 12.5. The van der Waals surface area contributed by atoms with E-state index < -0.39 is 0 Å². The van der Waals surface area contributed by atoms with Gasteiger partial charge in [0.1, 0.15) is 5.84 Å². The predicted molar refractivity (Wildman–Crippen MR) is 89.0 cm³/mol. The molecule has 110 valence electrons. The van der Waals surface area contributed by atoms with Crippen molar-refractivity contribution in [3.05, 3.63) is 56.8 Å². The molecular formula is C17H21N3S. The van der Waals surface area contributed by atoms with E-state index in [1.165, 1.54) is 16.7 Å². The van der Waals surface area contributed by atoms with Gasteiger partial charge in [0.25, 0.3) is 0 Å². The van der Waals surface area contributed by atoms with Gasteiger partial charge in [0.05, 0.1) is 0 Å². The van der Waals surface area contributed by atoms with Crippen molar-refractivity contribution in [2.45, 2.75) is 32.9 Å². The molecule has 21 heavy (non-hydrogen) atoms. The zero-order valence-corrected chi connectivity index (χ0v) is 13.3. The lowest BCUT2D eigenvalue weighted by Gasteiger charge is -2.34. The maximum atomic E-state index is 7.52. The number of hydrogen-bond donors (Lipinski definition) is 2. The van der Waals surface area contributed by atoms with Gasteiger partial charge in [-0.3, -0.25) is 10.3 Å². The molecule has 0 amide bonds. The number of amidine groups is 1. The van der Waals surface area contributed by atoms with E-state index in [1.807, 2.05) is 23.5 Å². The summed E-state index contributed by atoms with van der Waals surface area (Å²) in [6.07, 6.45) is 1.15. The molecule has 1 aliphatic rings. The summed E-state index contributed by atoms with van der Waals surface area (Å²) in [5, 5.41) is 9.73. The maximum Gasteiger partial charge on any atom is 0.122 e. The third-order valence-electron chi connectivity index (χ3n) is 4.43. The van der Waals surface area contributed by atoms with Gasteiger partial charge in [0, 0.05) is 29.6 Å². The van der Waals surface area contributed by atoms with E-state index >= 15 is 0 Å². The molecule has 3 nitrogen and oxygen atoms in total. The molecule has 0 bridgehead atoms. The van der Waals surface area contributed by atoms with Gasteiger partial charge in [-0.25, -0.2) is 0 Å². The van der Waals surface area contributed by atoms with Crippen LogP contribution in [0.25, 0.3) is 0 Å². The molecule has 2 aromatic rings. The predicted octanol–water partition coefficient (Wildman–Crippen LogP) is 3.46. The Morgan fingerprint density at radius 3 is 2.95 bits per heavy atom. The fourth-order valence-corrected chi connectivity index (χ4v) is 4.00. The third-order valence-corrected chi connectivity index (χ3v) is 5.43. The quantitative estimate of drug-likeness (QED) is 0.673. The van der Waals surface area contributed by atoms with Gasteiger partial charge in [-0.15, -0.1) is 11.3 Å². The molecule has 2 heterocycles. The summed E-state index contributed by atoms with van der Waals surface area (Å²) in [4.78, 5) is 4.08. The minimum Gasteiger partial charge on any atom is -0.384 e. The molecule has 0 aliphatic carbocycles. The van der Waals surface area contributed by atoms with E-state index in [0.29, 0.717) is 6.04 Å². The number of nitrogen functional groups attached to an aromatic ring is 1. The molecule has 0 spiro atoms. The summed E-state index contributed by atoms with van der Waals surface area (Å²) in [6.45, 7) is 6.47. The number of nitrogens with one attached hydrogen (secondary N) is 1. The summed E-state index contributed by atoms with van der Waals surface area (Å²) in [5.41, 5.74) is 10.4. The Hall–Kier alpha value is -1.65. The van der Waals surface area contributed by atoms with Crippen LogP contribution in [0.15, 0.2) is 29.6 Å². The molecule has 0 saturated heterocycles. The number of thiophene rings is 1. The average Bonchev–Trinajstić information content (AvgIpc) is 2.93. The molecule has 1 unspecified atom stereocenters. The monoisotopic (exact) mass is 299 g/mol. The lowest BCUT2D eigenvalue weighted by molar-refractivity contribution is 0.191. The van der Waals surface area contributed by atoms with Crippen LogP contribution in [0.3, 0.4) is 0 Å². The number of rotatable bonds is 3. The fraction of sp³-hybridized carbons (Fsp3) is 0.353. The summed E-state index contributed by atoms with van der Waals surface area (Å²) in [7, 11) is 0. The van der Waals surface area contributed by atoms with Crippen molar-refractivity contribution in [1.82, 2.24) is 4.90 Å². The van der Waals surface area contributed by atoms with E-state index in [-0.39, 0.29) is 5.84 Å². The topological polar surface area (TPSA) is 53.1 Å². The first-order valence-corrected chi connectivity index (χ1v) is 8.18. The fourth-order valence-electron chi connectivity index (χ4n) is 3.04. The van der Waals surface area contributed by atoms with Crippen molar-refractivity contribution in [1.29, 1.82) is 5.41 Å². The maximum absolute atomic E-state index is 7.52. The van der Waals surface area contributed by atoms with Gasteiger partial charge in [0.2, 0.25) is 0 Å². The molecule has 1 aromatic carbocycles. The highest BCUT2D eigenvalue weighted by Gasteiger charge is 2.24. The Labute approximate surface area is 129 Å². The van der Waals surface area contributed by atoms with Crippen molar-refractivity contribution in [3.8, 4) is 0 Å². The molecule has 1 aliphatic heterocycles. The molecule has 3 N–H and O–H groups in total. The number of nitrogens with zero attached hydrogens (tertiary/aromatic N) is 1. The molecular weight excluding hydrogens is 278 g/mol. The third kappa shape index (κ3) is 2.74. The number of nitrogens with two attached hydrogens (primary N) is 1. The second-order valence-electron chi connectivity index (χ2n) is 5.75. The van der Waals surface area contributed by atoms with Crippen LogP contribution in [0.1, 0.15) is 40.1 Å². The average molecular weight is 299 g/mol. The Balaban J connectivity index is 1.80. The van der Waals surface area contributed by atoms with Gasteiger partial charge in [-0.1, -0.05) is 12.1 Å². The normalized spacial score (nSPS) is 18.5. The summed E-state index contributed by atoms with van der Waals surface area (Å²) >= 11 is 1.88. The van der Waals surface area contributed by atoms with E-state index in [2.05, 4.69) is 36.3 Å². The highest BCUT2D eigenvalue weighted by atomic mass is 32.1. The summed E-state index contributed by atoms with van der Waals surface area (Å²) in [5.74, 6) is 0.138. The van der Waals surface area contributed by atoms with Gasteiger partial charge in [-0.05, 0) is 54.5 Å². The van der Waals surface area contributed by atoms with Gasteiger partial charge in [-0.2, -0.15) is 0 Å². The SMILES string of the molecule is Cc1cc(C(=N)N)ccc1CN1CCc2sccc2C1C. The highest BCUT2D eigenvalue weighted by molar-refractivity contribution is 7.10. The first-order valence-electron chi connectivity index (χ1n) is 7.30. The standard InChI is InChI=1S/C17H21N3S/c1-11-9-13(17(18)19)3-4-14(11)10-20-7-5-16-15(12(20)2)6-8-21-16/h3-4,6,8-9,12H,5,7,10H2,1-2H3,(H3,18,19). The van der Waals surface area contributed by atoms with Gasteiger partial charge < -0.3 is 5.73 Å². The van der Waals surface area contributed by atoms with Crippen molar-refractivity contribution < 1.29 is 0 Å². The van der Waals surface area contributed by atoms with E-state index in [0.717, 1.165) is 25.1 Å². The number of fused-ring (bicyclic) bond motifs is 1. The molecule has 1 aromatic heterocycles. The van der Waals surface area contributed by atoms with Crippen LogP contribution in [0.4, 0.5) is 0 Å². The largest absolute Gasteiger partial charge is 0.384 e. The van der Waals surface area contributed by atoms with Crippen molar-refractivity contribution in [2.75, 3.05) is 6.54 Å². The van der Waals surface area contributed by atoms with Crippen LogP contribution in [0.2, 0.25) is 0 Å². The van der Waals surface area contributed by atoms with Gasteiger partial charge in [0.15, 0.2) is 0 Å². The molecule has 0 radical (unpaired) electrons. The van der Waals surface area contributed by atoms with Crippen LogP contribution in [0, 0.1) is 12.3 Å². The van der Waals surface area contributed by atoms with Crippen molar-refractivity contribution >= 4 is 17.2 Å². The number of hydrogen-bond acceptors (Lipinski definition) is 3. The Bertz CT molecular complexity index is 674. The smallest absolute Gasteiger partial charge is 0.122 e. The highest BCUT2D eigenvalue weighted by Crippen LogP contribution is 2.33. The minimum absolute atomic E-state index is 0.138. The van der Waals surface area contributed by atoms with Crippen molar-refractivity contribution in [2.24, 2.45) is 5.73 Å². The van der Waals surface area contributed by atoms with Crippen molar-refractivity contribution in [3.63, 3.8) is 0 Å². The van der Waals surface area contributed by atoms with Crippen LogP contribution < -0.4 is 5.73 Å². The second-order valence-corrected chi connectivity index (χ2v) is 6.75. The lowest BCUT2D eigenvalue weighted by Crippen LogP contribution is -2.32. The molecule has 0 saturated carbocycles. The number of benzene rings is 1. The summed E-state index contributed by atoms with van der Waals surface area (Å²) in [6, 6.07) is 8.83. The van der Waals surface area contributed by atoms with E-state index in [9.17, 15) is 0 Å². The Kier molecular flexibility index (Phi) is 3.83. The Morgan fingerprint density at radius 2 is 2.24 bits per heavy atom. The van der Waals surface area contributed by atoms with Crippen LogP contribution in [0.5, 0.6) is 0 Å². The molecule has 1 atom stereocenters. The minimum atomic E-state index is 0.138. The number of aryl methyl sites for hydroxylation is 1. The van der Waals surface area contributed by atoms with Crippen LogP contribution in [-0.2, 0) is 13.0 Å². The molecule has 0 fully saturated rings.